The molecule has 0 aliphatic rings. The Hall–Kier alpha value is -2.59. The van der Waals surface area contributed by atoms with E-state index < -0.39 is 28.4 Å². The van der Waals surface area contributed by atoms with E-state index in [1.54, 1.807) is 0 Å². The predicted molar refractivity (Wildman–Crippen MR) is 138 cm³/mol. The van der Waals surface area contributed by atoms with Crippen molar-refractivity contribution in [3.05, 3.63) is 108 Å². The van der Waals surface area contributed by atoms with Crippen molar-refractivity contribution >= 4 is 10.1 Å². The van der Waals surface area contributed by atoms with E-state index in [1.807, 2.05) is 91.0 Å². The molecule has 0 heterocycles. The van der Waals surface area contributed by atoms with E-state index in [1.165, 1.54) is 0 Å². The number of aliphatic hydroxyl groups excluding tert-OH is 1. The predicted octanol–water partition coefficient (Wildman–Crippen LogP) is 4.10. The third-order valence-corrected chi connectivity index (χ3v) is 6.03. The lowest BCUT2D eigenvalue weighted by atomic mass is 10.0. The van der Waals surface area contributed by atoms with Crippen LogP contribution >= 0.6 is 0 Å². The van der Waals surface area contributed by atoms with Gasteiger partial charge in [-0.2, -0.15) is 8.42 Å². The van der Waals surface area contributed by atoms with Gasteiger partial charge < -0.3 is 19.3 Å². The summed E-state index contributed by atoms with van der Waals surface area (Å²) in [7, 11) is -3.84. The molecule has 1 N–H and O–H groups in total. The Kier molecular flexibility index (Phi) is 11.5. The van der Waals surface area contributed by atoms with E-state index in [4.69, 9.17) is 18.4 Å². The molecule has 0 saturated heterocycles. The quantitative estimate of drug-likeness (QED) is 0.288. The molecule has 0 aliphatic heterocycles. The fourth-order valence-corrected chi connectivity index (χ4v) is 4.35. The van der Waals surface area contributed by atoms with Crippen molar-refractivity contribution in [1.82, 2.24) is 0 Å². The standard InChI is InChI=1S/C28H34O7S/c1-36(30,31)35-27(22-32-19-23-11-5-2-6-12-23)28(34-21-25-15-9-4-10-16-25)26(17-18-29)33-20-24-13-7-3-8-14-24/h2-16,26-29H,17-22H2,1H3/t26-,27-,28+/m1/s1. The van der Waals surface area contributed by atoms with Gasteiger partial charge in [0.15, 0.2) is 0 Å². The Balaban J connectivity index is 1.81. The Labute approximate surface area is 213 Å². The van der Waals surface area contributed by atoms with Crippen molar-refractivity contribution in [2.45, 2.75) is 44.6 Å². The van der Waals surface area contributed by atoms with Gasteiger partial charge in [-0.05, 0) is 23.1 Å². The molecule has 0 bridgehead atoms. The first kappa shape index (κ1) is 28.0. The highest BCUT2D eigenvalue weighted by Crippen LogP contribution is 2.21. The molecule has 3 aromatic rings. The molecule has 0 spiro atoms. The van der Waals surface area contributed by atoms with Crippen LogP contribution in [0.3, 0.4) is 0 Å². The van der Waals surface area contributed by atoms with Crippen LogP contribution in [-0.4, -0.2) is 51.3 Å². The van der Waals surface area contributed by atoms with Crippen LogP contribution in [0.15, 0.2) is 91.0 Å². The van der Waals surface area contributed by atoms with E-state index in [2.05, 4.69) is 0 Å². The Morgan fingerprint density at radius 1 is 0.694 bits per heavy atom. The minimum absolute atomic E-state index is 0.0436. The lowest BCUT2D eigenvalue weighted by Crippen LogP contribution is -2.46. The van der Waals surface area contributed by atoms with Crippen molar-refractivity contribution < 1.29 is 31.9 Å². The molecule has 3 atom stereocenters. The maximum absolute atomic E-state index is 12.2. The molecule has 0 aromatic heterocycles. The zero-order valence-electron chi connectivity index (χ0n) is 20.4. The Morgan fingerprint density at radius 3 is 1.64 bits per heavy atom. The summed E-state index contributed by atoms with van der Waals surface area (Å²) in [5.41, 5.74) is 2.81. The molecular weight excluding hydrogens is 480 g/mol. The number of hydrogen-bond acceptors (Lipinski definition) is 7. The molecule has 194 valence electrons. The zero-order chi connectivity index (χ0) is 25.6. The van der Waals surface area contributed by atoms with Gasteiger partial charge in [-0.25, -0.2) is 0 Å². The van der Waals surface area contributed by atoms with E-state index in [-0.39, 0.29) is 39.5 Å². The van der Waals surface area contributed by atoms with Crippen LogP contribution in [-0.2, 0) is 48.3 Å². The molecule has 0 fully saturated rings. The summed E-state index contributed by atoms with van der Waals surface area (Å²) in [6, 6.07) is 28.7. The first-order chi connectivity index (χ1) is 17.4. The summed E-state index contributed by atoms with van der Waals surface area (Å²) in [6.07, 6.45) is -1.23. The molecule has 3 rings (SSSR count). The third kappa shape index (κ3) is 10.2. The summed E-state index contributed by atoms with van der Waals surface area (Å²) in [4.78, 5) is 0. The Bertz CT molecular complexity index is 1090. The number of aliphatic hydroxyl groups is 1. The average molecular weight is 515 g/mol. The summed E-state index contributed by atoms with van der Waals surface area (Å²) < 4.78 is 48.1. The first-order valence-corrected chi connectivity index (χ1v) is 13.7. The average Bonchev–Trinajstić information content (AvgIpc) is 2.88. The van der Waals surface area contributed by atoms with Crippen molar-refractivity contribution in [1.29, 1.82) is 0 Å². The van der Waals surface area contributed by atoms with Crippen LogP contribution in [0.1, 0.15) is 23.1 Å². The molecule has 0 aliphatic carbocycles. The highest BCUT2D eigenvalue weighted by atomic mass is 32.2. The van der Waals surface area contributed by atoms with E-state index in [9.17, 15) is 13.5 Å². The lowest BCUT2D eigenvalue weighted by Gasteiger charge is -2.33. The van der Waals surface area contributed by atoms with Gasteiger partial charge in [0.2, 0.25) is 0 Å². The van der Waals surface area contributed by atoms with E-state index in [0.29, 0.717) is 0 Å². The largest absolute Gasteiger partial charge is 0.396 e. The van der Waals surface area contributed by atoms with Crippen LogP contribution in [0.25, 0.3) is 0 Å². The topological polar surface area (TPSA) is 91.3 Å². The molecular formula is C28H34O7S. The smallest absolute Gasteiger partial charge is 0.264 e. The second kappa shape index (κ2) is 14.8. The summed E-state index contributed by atoms with van der Waals surface area (Å²) in [6.45, 7) is 0.558. The maximum Gasteiger partial charge on any atom is 0.264 e. The molecule has 0 saturated carbocycles. The van der Waals surface area contributed by atoms with Gasteiger partial charge in [-0.15, -0.1) is 0 Å². The summed E-state index contributed by atoms with van der Waals surface area (Å²) in [5, 5.41) is 9.78. The number of benzene rings is 3. The van der Waals surface area contributed by atoms with Crippen LogP contribution in [0.2, 0.25) is 0 Å². The molecule has 0 amide bonds. The minimum Gasteiger partial charge on any atom is -0.396 e. The monoisotopic (exact) mass is 514 g/mol. The van der Waals surface area contributed by atoms with E-state index >= 15 is 0 Å². The molecule has 0 radical (unpaired) electrons. The zero-order valence-corrected chi connectivity index (χ0v) is 21.3. The van der Waals surface area contributed by atoms with Crippen molar-refractivity contribution in [3.8, 4) is 0 Å². The second-order valence-electron chi connectivity index (χ2n) is 8.45. The normalized spacial score (nSPS) is 14.3. The summed E-state index contributed by atoms with van der Waals surface area (Å²) in [5.74, 6) is 0. The van der Waals surface area contributed by atoms with Crippen LogP contribution in [0.4, 0.5) is 0 Å². The van der Waals surface area contributed by atoms with Crippen LogP contribution in [0.5, 0.6) is 0 Å². The molecule has 8 heteroatoms. The van der Waals surface area contributed by atoms with Gasteiger partial charge in [0.05, 0.1) is 38.8 Å². The SMILES string of the molecule is CS(=O)(=O)O[C@H](COCc1ccccc1)[C@@H](OCc1ccccc1)[C@@H](CCO)OCc1ccccc1. The van der Waals surface area contributed by atoms with Gasteiger partial charge in [0.1, 0.15) is 12.2 Å². The van der Waals surface area contributed by atoms with E-state index in [0.717, 1.165) is 22.9 Å². The number of ether oxygens (including phenoxy) is 3. The molecule has 3 aromatic carbocycles. The molecule has 7 nitrogen and oxygen atoms in total. The van der Waals surface area contributed by atoms with Crippen molar-refractivity contribution in [2.75, 3.05) is 19.5 Å². The van der Waals surface area contributed by atoms with Crippen LogP contribution in [0, 0.1) is 0 Å². The Morgan fingerprint density at radius 2 is 1.17 bits per heavy atom. The van der Waals surface area contributed by atoms with Gasteiger partial charge in [-0.1, -0.05) is 91.0 Å². The number of rotatable bonds is 16. The van der Waals surface area contributed by atoms with Crippen molar-refractivity contribution in [3.63, 3.8) is 0 Å². The van der Waals surface area contributed by atoms with Crippen LogP contribution < -0.4 is 0 Å². The highest BCUT2D eigenvalue weighted by Gasteiger charge is 2.35. The highest BCUT2D eigenvalue weighted by molar-refractivity contribution is 7.86. The van der Waals surface area contributed by atoms with Gasteiger partial charge in [0.25, 0.3) is 10.1 Å². The van der Waals surface area contributed by atoms with Gasteiger partial charge >= 0.3 is 0 Å². The number of hydrogen-bond donors (Lipinski definition) is 1. The van der Waals surface area contributed by atoms with Crippen molar-refractivity contribution in [2.24, 2.45) is 0 Å². The first-order valence-electron chi connectivity index (χ1n) is 11.9. The van der Waals surface area contributed by atoms with Gasteiger partial charge in [0, 0.05) is 6.61 Å². The third-order valence-electron chi connectivity index (χ3n) is 5.43. The molecule has 36 heavy (non-hydrogen) atoms. The van der Waals surface area contributed by atoms with Gasteiger partial charge in [-0.3, -0.25) is 4.18 Å². The maximum atomic E-state index is 12.2. The fraction of sp³-hybridized carbons (Fsp3) is 0.357. The fourth-order valence-electron chi connectivity index (χ4n) is 3.74. The summed E-state index contributed by atoms with van der Waals surface area (Å²) >= 11 is 0. The molecule has 0 unspecified atom stereocenters. The minimum atomic E-state index is -3.84. The second-order valence-corrected chi connectivity index (χ2v) is 10.0. The lowest BCUT2D eigenvalue weighted by molar-refractivity contribution is -0.143.